The molecular weight excluding hydrogens is 431 g/mol. The highest BCUT2D eigenvalue weighted by atomic mass is 127. The van der Waals surface area contributed by atoms with E-state index in [2.05, 4.69) is 45.5 Å². The van der Waals surface area contributed by atoms with Gasteiger partial charge in [-0.25, -0.2) is 9.98 Å². The number of hydrogen-bond acceptors (Lipinski definition) is 3. The average molecular weight is 462 g/mol. The van der Waals surface area contributed by atoms with Gasteiger partial charge in [-0.05, 0) is 26.2 Å². The second-order valence-electron chi connectivity index (χ2n) is 7.02. The number of aromatic nitrogens is 2. The van der Waals surface area contributed by atoms with Gasteiger partial charge < -0.3 is 19.7 Å². The summed E-state index contributed by atoms with van der Waals surface area (Å²) >= 11 is 0. The van der Waals surface area contributed by atoms with Crippen molar-refractivity contribution in [2.24, 2.45) is 10.9 Å². The molecule has 1 aliphatic rings. The van der Waals surface area contributed by atoms with E-state index in [1.807, 2.05) is 18.7 Å². The number of hydrogen-bond donors (Lipinski definition) is 1. The van der Waals surface area contributed by atoms with Gasteiger partial charge in [0.05, 0.1) is 12.4 Å². The molecule has 1 N–H and O–H groups in total. The van der Waals surface area contributed by atoms with Crippen LogP contribution >= 0.6 is 24.0 Å². The lowest BCUT2D eigenvalue weighted by Gasteiger charge is -2.39. The van der Waals surface area contributed by atoms with Crippen LogP contribution < -0.4 is 5.32 Å². The molecule has 2 rings (SSSR count). The maximum absolute atomic E-state index is 11.9. The Morgan fingerprint density at radius 3 is 2.72 bits per heavy atom. The predicted octanol–water partition coefficient (Wildman–Crippen LogP) is 1.83. The number of rotatable bonds is 4. The number of likely N-dealkylation sites (N-methyl/N-ethyl adjacent to an activating group) is 1. The number of carbonyl (C=O) groups excluding carboxylic acids is 1. The number of nitrogens with zero attached hydrogens (tertiary/aromatic N) is 5. The molecule has 1 aromatic heterocycles. The molecule has 0 saturated carbocycles. The van der Waals surface area contributed by atoms with Crippen molar-refractivity contribution in [1.29, 1.82) is 0 Å². The number of piperidine rings is 1. The van der Waals surface area contributed by atoms with E-state index in [0.29, 0.717) is 12.0 Å². The Hall–Kier alpha value is -1.32. The quantitative estimate of drug-likeness (QED) is 0.421. The van der Waals surface area contributed by atoms with Crippen LogP contribution in [0.3, 0.4) is 0 Å². The number of halogens is 1. The van der Waals surface area contributed by atoms with Crippen molar-refractivity contribution in [3.05, 3.63) is 18.7 Å². The first-order valence-electron chi connectivity index (χ1n) is 8.62. The molecule has 1 saturated heterocycles. The third kappa shape index (κ3) is 6.16. The van der Waals surface area contributed by atoms with Crippen LogP contribution in [0.2, 0.25) is 0 Å². The summed E-state index contributed by atoms with van der Waals surface area (Å²) in [6.45, 7) is 8.44. The minimum Gasteiger partial charge on any atom is -0.354 e. The summed E-state index contributed by atoms with van der Waals surface area (Å²) in [7, 11) is 3.51. The first kappa shape index (κ1) is 21.7. The minimum atomic E-state index is 0. The molecular formula is C17H31IN6O. The molecule has 7 nitrogen and oxygen atoms in total. The zero-order valence-electron chi connectivity index (χ0n) is 15.8. The van der Waals surface area contributed by atoms with Crippen molar-refractivity contribution < 1.29 is 4.79 Å². The smallest absolute Gasteiger partial charge is 0.243 e. The molecule has 0 bridgehead atoms. The zero-order valence-corrected chi connectivity index (χ0v) is 18.2. The third-order valence-corrected chi connectivity index (χ3v) is 4.41. The maximum atomic E-state index is 11.9. The van der Waals surface area contributed by atoms with Crippen LogP contribution in [-0.4, -0.2) is 71.0 Å². The SMILES string of the molecule is CC(C)NC(=NCC(=O)N(C)C)N1CCC(C)C(n2ccnc2)C1.I. The highest BCUT2D eigenvalue weighted by Crippen LogP contribution is 2.27. The summed E-state index contributed by atoms with van der Waals surface area (Å²) in [5.41, 5.74) is 0. The van der Waals surface area contributed by atoms with Crippen LogP contribution in [0.15, 0.2) is 23.7 Å². The second kappa shape index (κ2) is 9.98. The van der Waals surface area contributed by atoms with Crippen molar-refractivity contribution in [2.75, 3.05) is 33.7 Å². The Bertz CT molecular complexity index is 557. The Kier molecular flexibility index (Phi) is 8.67. The summed E-state index contributed by atoms with van der Waals surface area (Å²) in [5, 5.41) is 3.40. The van der Waals surface area contributed by atoms with E-state index in [1.165, 1.54) is 0 Å². The molecule has 0 spiro atoms. The number of guanidine groups is 1. The summed E-state index contributed by atoms with van der Waals surface area (Å²) in [5.74, 6) is 1.41. The predicted molar refractivity (Wildman–Crippen MR) is 111 cm³/mol. The van der Waals surface area contributed by atoms with E-state index in [-0.39, 0.29) is 42.5 Å². The second-order valence-corrected chi connectivity index (χ2v) is 7.02. The Morgan fingerprint density at radius 2 is 2.16 bits per heavy atom. The number of nitrogens with one attached hydrogen (secondary N) is 1. The molecule has 2 unspecified atom stereocenters. The topological polar surface area (TPSA) is 65.8 Å². The highest BCUT2D eigenvalue weighted by Gasteiger charge is 2.29. The molecule has 2 atom stereocenters. The standard InChI is InChI=1S/C17H30N6O.HI/c1-13(2)20-17(19-10-16(24)21(4)5)22-8-6-14(3)15(11-22)23-9-7-18-12-23;/h7,9,12-15H,6,8,10-11H2,1-5H3,(H,19,20);1H. The van der Waals surface area contributed by atoms with Crippen molar-refractivity contribution in [2.45, 2.75) is 39.3 Å². The number of carbonyl (C=O) groups is 1. The zero-order chi connectivity index (χ0) is 17.7. The molecule has 2 heterocycles. The summed E-state index contributed by atoms with van der Waals surface area (Å²) in [4.78, 5) is 24.5. The van der Waals surface area contributed by atoms with Crippen LogP contribution in [-0.2, 0) is 4.79 Å². The molecule has 1 aliphatic heterocycles. The molecule has 1 aromatic rings. The molecule has 25 heavy (non-hydrogen) atoms. The molecule has 0 radical (unpaired) electrons. The van der Waals surface area contributed by atoms with Crippen LogP contribution in [0.4, 0.5) is 0 Å². The lowest BCUT2D eigenvalue weighted by molar-refractivity contribution is -0.127. The van der Waals surface area contributed by atoms with Gasteiger partial charge in [0, 0.05) is 45.6 Å². The van der Waals surface area contributed by atoms with Gasteiger partial charge in [0.15, 0.2) is 5.96 Å². The monoisotopic (exact) mass is 462 g/mol. The first-order valence-corrected chi connectivity index (χ1v) is 8.62. The number of amides is 1. The highest BCUT2D eigenvalue weighted by molar-refractivity contribution is 14.0. The van der Waals surface area contributed by atoms with Gasteiger partial charge >= 0.3 is 0 Å². The average Bonchev–Trinajstić information content (AvgIpc) is 3.05. The van der Waals surface area contributed by atoms with Crippen LogP contribution in [0, 0.1) is 5.92 Å². The lowest BCUT2D eigenvalue weighted by Crippen LogP contribution is -2.50. The van der Waals surface area contributed by atoms with Gasteiger partial charge in [-0.2, -0.15) is 0 Å². The molecule has 0 aromatic carbocycles. The molecule has 8 heteroatoms. The van der Waals surface area contributed by atoms with E-state index >= 15 is 0 Å². The number of aliphatic imine (C=N–C) groups is 1. The lowest BCUT2D eigenvalue weighted by atomic mass is 9.93. The summed E-state index contributed by atoms with van der Waals surface area (Å²) < 4.78 is 2.18. The maximum Gasteiger partial charge on any atom is 0.243 e. The van der Waals surface area contributed by atoms with Gasteiger partial charge in [-0.1, -0.05) is 6.92 Å². The largest absolute Gasteiger partial charge is 0.354 e. The molecule has 1 amide bonds. The fraction of sp³-hybridized carbons (Fsp3) is 0.706. The molecule has 0 aliphatic carbocycles. The van der Waals surface area contributed by atoms with Crippen LogP contribution in [0.25, 0.3) is 0 Å². The van der Waals surface area contributed by atoms with Crippen molar-refractivity contribution in [3.63, 3.8) is 0 Å². The Morgan fingerprint density at radius 1 is 1.44 bits per heavy atom. The van der Waals surface area contributed by atoms with Gasteiger partial charge in [0.25, 0.3) is 0 Å². The number of likely N-dealkylation sites (tertiary alicyclic amines) is 1. The van der Waals surface area contributed by atoms with Crippen LogP contribution in [0.1, 0.15) is 33.2 Å². The molecule has 1 fully saturated rings. The minimum absolute atomic E-state index is 0. The van der Waals surface area contributed by atoms with Gasteiger partial charge in [-0.3, -0.25) is 4.79 Å². The normalized spacial score (nSPS) is 21.0. The van der Waals surface area contributed by atoms with Crippen molar-refractivity contribution in [3.8, 4) is 0 Å². The van der Waals surface area contributed by atoms with E-state index in [9.17, 15) is 4.79 Å². The molecule has 142 valence electrons. The van der Waals surface area contributed by atoms with Crippen LogP contribution in [0.5, 0.6) is 0 Å². The van der Waals surface area contributed by atoms with E-state index in [0.717, 1.165) is 25.5 Å². The Balaban J connectivity index is 0.00000312. The third-order valence-electron chi connectivity index (χ3n) is 4.41. The first-order chi connectivity index (χ1) is 11.4. The fourth-order valence-electron chi connectivity index (χ4n) is 2.87. The van der Waals surface area contributed by atoms with Gasteiger partial charge in [-0.15, -0.1) is 24.0 Å². The van der Waals surface area contributed by atoms with E-state index in [4.69, 9.17) is 0 Å². The van der Waals surface area contributed by atoms with Gasteiger partial charge in [0.2, 0.25) is 5.91 Å². The van der Waals surface area contributed by atoms with Crippen molar-refractivity contribution in [1.82, 2.24) is 24.7 Å². The van der Waals surface area contributed by atoms with E-state index in [1.54, 1.807) is 19.0 Å². The van der Waals surface area contributed by atoms with E-state index < -0.39 is 0 Å². The Labute approximate surface area is 167 Å². The van der Waals surface area contributed by atoms with Crippen molar-refractivity contribution >= 4 is 35.8 Å². The fourth-order valence-corrected chi connectivity index (χ4v) is 2.87. The van der Waals surface area contributed by atoms with Gasteiger partial charge in [0.1, 0.15) is 6.54 Å². The number of imidazole rings is 1. The summed E-state index contributed by atoms with van der Waals surface area (Å²) in [6.07, 6.45) is 6.81. The summed E-state index contributed by atoms with van der Waals surface area (Å²) in [6, 6.07) is 0.634.